The van der Waals surface area contributed by atoms with E-state index >= 15 is 0 Å². The van der Waals surface area contributed by atoms with Crippen LogP contribution in [0.5, 0.6) is 0 Å². The van der Waals surface area contributed by atoms with E-state index in [-0.39, 0.29) is 6.10 Å². The number of rotatable bonds is 8. The van der Waals surface area contributed by atoms with Gasteiger partial charge in [0.25, 0.3) is 0 Å². The van der Waals surface area contributed by atoms with Gasteiger partial charge in [-0.2, -0.15) is 11.8 Å². The fourth-order valence-corrected chi connectivity index (χ4v) is 2.69. The molecule has 0 aromatic carbocycles. The van der Waals surface area contributed by atoms with Crippen LogP contribution in [0.3, 0.4) is 0 Å². The zero-order valence-electron chi connectivity index (χ0n) is 10.6. The summed E-state index contributed by atoms with van der Waals surface area (Å²) in [6, 6.07) is 0.474. The summed E-state index contributed by atoms with van der Waals surface area (Å²) in [5.74, 6) is 1.51. The van der Waals surface area contributed by atoms with Crippen LogP contribution in [-0.2, 0) is 9.53 Å². The fourth-order valence-electron chi connectivity index (χ4n) is 1.88. The molecule has 17 heavy (non-hydrogen) atoms. The number of carbonyl (C=O) groups is 1. The minimum absolute atomic E-state index is 0.0670. The molecule has 1 rings (SSSR count). The minimum atomic E-state index is -0.833. The van der Waals surface area contributed by atoms with Gasteiger partial charge in [-0.1, -0.05) is 6.92 Å². The molecule has 5 heteroatoms. The lowest BCUT2D eigenvalue weighted by molar-refractivity contribution is -0.149. The predicted molar refractivity (Wildman–Crippen MR) is 70.6 cm³/mol. The van der Waals surface area contributed by atoms with Crippen molar-refractivity contribution in [3.05, 3.63) is 0 Å². The Kier molecular flexibility index (Phi) is 6.92. The number of carboxylic acids is 1. The minimum Gasteiger partial charge on any atom is -0.479 e. The highest BCUT2D eigenvalue weighted by molar-refractivity contribution is 7.99. The van der Waals surface area contributed by atoms with Crippen LogP contribution in [0.1, 0.15) is 33.1 Å². The second-order valence-electron chi connectivity index (χ2n) is 4.46. The van der Waals surface area contributed by atoms with Gasteiger partial charge in [-0.25, -0.2) is 4.79 Å². The molecule has 0 radical (unpaired) electrons. The Morgan fingerprint density at radius 3 is 2.94 bits per heavy atom. The Morgan fingerprint density at radius 1 is 1.59 bits per heavy atom. The van der Waals surface area contributed by atoms with Crippen LogP contribution in [0.2, 0.25) is 0 Å². The quantitative estimate of drug-likeness (QED) is 0.652. The van der Waals surface area contributed by atoms with Crippen molar-refractivity contribution in [2.75, 3.05) is 18.1 Å². The third kappa shape index (κ3) is 5.75. The Balaban J connectivity index is 2.08. The summed E-state index contributed by atoms with van der Waals surface area (Å²) >= 11 is 1.95. The van der Waals surface area contributed by atoms with Crippen molar-refractivity contribution in [2.24, 2.45) is 0 Å². The molecule has 1 fully saturated rings. The smallest absolute Gasteiger partial charge is 0.332 e. The summed E-state index contributed by atoms with van der Waals surface area (Å²) in [4.78, 5) is 10.7. The Hall–Kier alpha value is -0.260. The Labute approximate surface area is 107 Å². The van der Waals surface area contributed by atoms with Gasteiger partial charge in [-0.15, -0.1) is 0 Å². The van der Waals surface area contributed by atoms with E-state index in [4.69, 9.17) is 9.84 Å². The maximum Gasteiger partial charge on any atom is 0.332 e. The second-order valence-corrected chi connectivity index (χ2v) is 5.85. The molecule has 1 aliphatic rings. The predicted octanol–water partition coefficient (Wildman–Crippen LogP) is 1.74. The average Bonchev–Trinajstić information content (AvgIpc) is 2.75. The van der Waals surface area contributed by atoms with Crippen LogP contribution < -0.4 is 5.32 Å². The molecule has 0 bridgehead atoms. The number of thioether (sulfide) groups is 1. The van der Waals surface area contributed by atoms with E-state index in [1.807, 2.05) is 11.8 Å². The van der Waals surface area contributed by atoms with Gasteiger partial charge in [-0.05, 0) is 37.7 Å². The number of hydrogen-bond donors (Lipinski definition) is 2. The third-order valence-electron chi connectivity index (χ3n) is 2.98. The first kappa shape index (κ1) is 14.8. The normalized spacial score (nSPS) is 26.0. The van der Waals surface area contributed by atoms with Gasteiger partial charge in [-0.3, -0.25) is 0 Å². The molecular weight excluding hydrogens is 238 g/mol. The van der Waals surface area contributed by atoms with Gasteiger partial charge in [0.05, 0.1) is 6.10 Å². The first-order valence-corrected chi connectivity index (χ1v) is 7.48. The maximum absolute atomic E-state index is 10.7. The van der Waals surface area contributed by atoms with E-state index in [1.165, 1.54) is 11.5 Å². The SMILES string of the molecule is CCSCCC(C)NCC1CCC(C(=O)O)O1. The van der Waals surface area contributed by atoms with E-state index in [1.54, 1.807) is 0 Å². The van der Waals surface area contributed by atoms with Crippen LogP contribution in [0.4, 0.5) is 0 Å². The van der Waals surface area contributed by atoms with Crippen molar-refractivity contribution in [3.63, 3.8) is 0 Å². The molecule has 2 N–H and O–H groups in total. The molecule has 0 amide bonds. The maximum atomic E-state index is 10.7. The van der Waals surface area contributed by atoms with Crippen molar-refractivity contribution >= 4 is 17.7 Å². The largest absolute Gasteiger partial charge is 0.479 e. The van der Waals surface area contributed by atoms with Gasteiger partial charge in [0.1, 0.15) is 0 Å². The lowest BCUT2D eigenvalue weighted by atomic mass is 10.2. The molecule has 1 saturated heterocycles. The van der Waals surface area contributed by atoms with Crippen molar-refractivity contribution < 1.29 is 14.6 Å². The average molecular weight is 261 g/mol. The van der Waals surface area contributed by atoms with Crippen LogP contribution in [0.15, 0.2) is 0 Å². The van der Waals surface area contributed by atoms with Crippen molar-refractivity contribution in [1.82, 2.24) is 5.32 Å². The molecule has 100 valence electrons. The molecular formula is C12H23NO3S. The second kappa shape index (κ2) is 7.95. The first-order valence-electron chi connectivity index (χ1n) is 6.32. The highest BCUT2D eigenvalue weighted by Crippen LogP contribution is 2.19. The van der Waals surface area contributed by atoms with Crippen LogP contribution >= 0.6 is 11.8 Å². The molecule has 1 aliphatic heterocycles. The summed E-state index contributed by atoms with van der Waals surface area (Å²) < 4.78 is 5.43. The summed E-state index contributed by atoms with van der Waals surface area (Å²) in [5.41, 5.74) is 0. The molecule has 3 unspecified atom stereocenters. The zero-order chi connectivity index (χ0) is 12.7. The lowest BCUT2D eigenvalue weighted by Crippen LogP contribution is -2.34. The highest BCUT2D eigenvalue weighted by atomic mass is 32.2. The molecule has 0 aromatic rings. The molecule has 1 heterocycles. The van der Waals surface area contributed by atoms with Crippen LogP contribution in [0.25, 0.3) is 0 Å². The number of nitrogens with one attached hydrogen (secondary N) is 1. The topological polar surface area (TPSA) is 58.6 Å². The van der Waals surface area contributed by atoms with Gasteiger partial charge in [0, 0.05) is 12.6 Å². The monoisotopic (exact) mass is 261 g/mol. The highest BCUT2D eigenvalue weighted by Gasteiger charge is 2.30. The first-order chi connectivity index (χ1) is 8.13. The third-order valence-corrected chi connectivity index (χ3v) is 3.91. The van der Waals surface area contributed by atoms with Gasteiger partial charge >= 0.3 is 5.97 Å². The van der Waals surface area contributed by atoms with E-state index in [2.05, 4.69) is 19.2 Å². The molecule has 4 nitrogen and oxygen atoms in total. The number of carboxylic acid groups (broad SMARTS) is 1. The standard InChI is InChI=1S/C12H23NO3S/c1-3-17-7-6-9(2)13-8-10-4-5-11(16-10)12(14)15/h9-11,13H,3-8H2,1-2H3,(H,14,15). The summed E-state index contributed by atoms with van der Waals surface area (Å²) in [6.45, 7) is 5.10. The van der Waals surface area contributed by atoms with Crippen LogP contribution in [-0.4, -0.2) is 47.4 Å². The summed E-state index contributed by atoms with van der Waals surface area (Å²) in [6.07, 6.45) is 2.11. The molecule has 0 aromatic heterocycles. The molecule has 0 aliphatic carbocycles. The van der Waals surface area contributed by atoms with Crippen molar-refractivity contribution in [1.29, 1.82) is 0 Å². The van der Waals surface area contributed by atoms with E-state index in [0.717, 1.165) is 19.4 Å². The molecule has 3 atom stereocenters. The summed E-state index contributed by atoms with van der Waals surface area (Å²) in [7, 11) is 0. The molecule has 0 saturated carbocycles. The van der Waals surface area contributed by atoms with E-state index in [9.17, 15) is 4.79 Å². The van der Waals surface area contributed by atoms with Crippen molar-refractivity contribution in [3.8, 4) is 0 Å². The Morgan fingerprint density at radius 2 is 2.35 bits per heavy atom. The zero-order valence-corrected chi connectivity index (χ0v) is 11.5. The number of ether oxygens (including phenoxy) is 1. The molecule has 0 spiro atoms. The van der Waals surface area contributed by atoms with Crippen molar-refractivity contribution in [2.45, 2.75) is 51.4 Å². The fraction of sp³-hybridized carbons (Fsp3) is 0.917. The van der Waals surface area contributed by atoms with Gasteiger partial charge in [0.2, 0.25) is 0 Å². The van der Waals surface area contributed by atoms with Crippen LogP contribution in [0, 0.1) is 0 Å². The Bertz CT molecular complexity index is 238. The van der Waals surface area contributed by atoms with Gasteiger partial charge < -0.3 is 15.2 Å². The summed E-state index contributed by atoms with van der Waals surface area (Å²) in [5, 5.41) is 12.2. The lowest BCUT2D eigenvalue weighted by Gasteiger charge is -2.17. The number of aliphatic carboxylic acids is 1. The van der Waals surface area contributed by atoms with E-state index < -0.39 is 12.1 Å². The number of hydrogen-bond acceptors (Lipinski definition) is 4. The van der Waals surface area contributed by atoms with Gasteiger partial charge in [0.15, 0.2) is 6.10 Å². The van der Waals surface area contributed by atoms with E-state index in [0.29, 0.717) is 12.5 Å².